The smallest absolute Gasteiger partial charge is 0.341 e. The summed E-state index contributed by atoms with van der Waals surface area (Å²) in [5.41, 5.74) is 3.74. The van der Waals surface area contributed by atoms with Crippen molar-refractivity contribution in [1.82, 2.24) is 0 Å². The summed E-state index contributed by atoms with van der Waals surface area (Å²) in [6.45, 7) is 6.90. The Labute approximate surface area is 196 Å². The first-order chi connectivity index (χ1) is 15.8. The fraction of sp³-hybridized carbons (Fsp3) is 0.481. The Morgan fingerprint density at radius 1 is 1.09 bits per heavy atom. The number of hydrogen-bond donors (Lipinski definition) is 2. The van der Waals surface area contributed by atoms with Crippen molar-refractivity contribution in [2.45, 2.75) is 65.3 Å². The van der Waals surface area contributed by atoms with Crippen LogP contribution < -0.4 is 15.0 Å². The molecule has 3 rings (SSSR count). The summed E-state index contributed by atoms with van der Waals surface area (Å²) in [6, 6.07) is 13.9. The van der Waals surface area contributed by atoms with Gasteiger partial charge >= 0.3 is 5.97 Å². The van der Waals surface area contributed by atoms with Gasteiger partial charge < -0.3 is 20.1 Å². The largest absolute Gasteiger partial charge is 0.482 e. The number of nitrogens with zero attached hydrogens (tertiary/aromatic N) is 1. The quantitative estimate of drug-likeness (QED) is 0.502. The molecule has 0 aliphatic heterocycles. The van der Waals surface area contributed by atoms with Gasteiger partial charge in [-0.15, -0.1) is 0 Å². The van der Waals surface area contributed by atoms with Gasteiger partial charge in [0.25, 0.3) is 0 Å². The average molecular weight is 453 g/mol. The Kier molecular flexibility index (Phi) is 8.75. The van der Waals surface area contributed by atoms with Crippen molar-refractivity contribution in [1.29, 1.82) is 0 Å². The number of anilines is 2. The highest BCUT2D eigenvalue weighted by molar-refractivity contribution is 5.96. The summed E-state index contributed by atoms with van der Waals surface area (Å²) in [6.07, 6.45) is 6.26. The molecule has 2 N–H and O–H groups in total. The lowest BCUT2D eigenvalue weighted by Crippen LogP contribution is -2.40. The van der Waals surface area contributed by atoms with Crippen LogP contribution in [0.3, 0.4) is 0 Å². The zero-order valence-corrected chi connectivity index (χ0v) is 20.0. The maximum absolute atomic E-state index is 13.0. The molecule has 0 radical (unpaired) electrons. The second kappa shape index (κ2) is 11.7. The van der Waals surface area contributed by atoms with Crippen molar-refractivity contribution in [2.24, 2.45) is 5.92 Å². The normalized spacial score (nSPS) is 14.2. The van der Waals surface area contributed by atoms with Crippen LogP contribution in [0, 0.1) is 12.8 Å². The van der Waals surface area contributed by atoms with Gasteiger partial charge in [-0.25, -0.2) is 4.79 Å². The molecular weight excluding hydrogens is 416 g/mol. The fourth-order valence-electron chi connectivity index (χ4n) is 4.42. The van der Waals surface area contributed by atoms with Crippen molar-refractivity contribution in [3.05, 3.63) is 53.6 Å². The summed E-state index contributed by atoms with van der Waals surface area (Å²) in [5.74, 6) is -0.248. The van der Waals surface area contributed by atoms with Crippen LogP contribution in [0.25, 0.3) is 0 Å². The summed E-state index contributed by atoms with van der Waals surface area (Å²) in [7, 11) is 0. The van der Waals surface area contributed by atoms with E-state index in [1.54, 1.807) is 12.1 Å². The molecule has 6 nitrogen and oxygen atoms in total. The highest BCUT2D eigenvalue weighted by Gasteiger charge is 2.25. The number of rotatable bonds is 10. The van der Waals surface area contributed by atoms with Crippen molar-refractivity contribution in [2.75, 3.05) is 23.4 Å². The molecule has 1 aliphatic carbocycles. The van der Waals surface area contributed by atoms with E-state index in [-0.39, 0.29) is 12.3 Å². The highest BCUT2D eigenvalue weighted by Crippen LogP contribution is 2.36. The number of hydrogen-bond acceptors (Lipinski definition) is 4. The molecule has 0 aromatic heterocycles. The summed E-state index contributed by atoms with van der Waals surface area (Å²) in [5, 5.41) is 12.1. The lowest BCUT2D eigenvalue weighted by Gasteiger charge is -2.38. The molecule has 1 aliphatic rings. The molecule has 0 heterocycles. The predicted molar refractivity (Wildman–Crippen MR) is 132 cm³/mol. The second-order valence-corrected chi connectivity index (χ2v) is 9.41. The van der Waals surface area contributed by atoms with Gasteiger partial charge in [0.2, 0.25) is 5.91 Å². The first kappa shape index (κ1) is 24.6. The second-order valence-electron chi connectivity index (χ2n) is 9.41. The van der Waals surface area contributed by atoms with Crippen LogP contribution in [0.2, 0.25) is 0 Å². The lowest BCUT2D eigenvalue weighted by molar-refractivity contribution is -0.139. The number of carbonyl (C=O) groups excluding carboxylic acids is 1. The van der Waals surface area contributed by atoms with Crippen LogP contribution in [0.1, 0.15) is 57.1 Å². The van der Waals surface area contributed by atoms with Crippen molar-refractivity contribution < 1.29 is 19.4 Å². The molecule has 1 amide bonds. The van der Waals surface area contributed by atoms with E-state index >= 15 is 0 Å². The zero-order valence-electron chi connectivity index (χ0n) is 20.0. The molecule has 2 aromatic carbocycles. The maximum Gasteiger partial charge on any atom is 0.341 e. The minimum atomic E-state index is -1.03. The van der Waals surface area contributed by atoms with Gasteiger partial charge in [0.1, 0.15) is 5.75 Å². The molecule has 0 spiro atoms. The SMILES string of the molecule is Cc1ccc(CC(=O)Nc2cc(OCC(=O)O)ccc2N(CC(C)C)C2CCCCC2)cc1. The number of carbonyl (C=O) groups is 2. The van der Waals surface area contributed by atoms with E-state index in [0.717, 1.165) is 36.2 Å². The number of aliphatic carboxylic acids is 1. The standard InChI is InChI=1S/C27H36N2O4/c1-19(2)17-29(22-7-5-4-6-8-22)25-14-13-23(33-18-27(31)32)16-24(25)28-26(30)15-21-11-9-20(3)10-12-21/h9-14,16,19,22H,4-8,15,17-18H2,1-3H3,(H,28,30)(H,31,32). The van der Waals surface area contributed by atoms with Crippen molar-refractivity contribution in [3.8, 4) is 5.75 Å². The molecule has 0 saturated heterocycles. The highest BCUT2D eigenvalue weighted by atomic mass is 16.5. The van der Waals surface area contributed by atoms with E-state index < -0.39 is 12.6 Å². The molecule has 33 heavy (non-hydrogen) atoms. The Hall–Kier alpha value is -3.02. The van der Waals surface area contributed by atoms with Crippen LogP contribution in [0.5, 0.6) is 5.75 Å². The number of carboxylic acid groups (broad SMARTS) is 1. The van der Waals surface area contributed by atoms with Crippen molar-refractivity contribution >= 4 is 23.3 Å². The van der Waals surface area contributed by atoms with E-state index in [9.17, 15) is 9.59 Å². The molecular formula is C27H36N2O4. The van der Waals surface area contributed by atoms with E-state index in [1.165, 1.54) is 19.3 Å². The molecule has 1 fully saturated rings. The monoisotopic (exact) mass is 452 g/mol. The van der Waals surface area contributed by atoms with Crippen LogP contribution in [-0.4, -0.2) is 36.2 Å². The molecule has 0 bridgehead atoms. The van der Waals surface area contributed by atoms with Crippen LogP contribution in [0.4, 0.5) is 11.4 Å². The van der Waals surface area contributed by atoms with Crippen LogP contribution in [0.15, 0.2) is 42.5 Å². The molecule has 0 atom stereocenters. The zero-order chi connectivity index (χ0) is 23.8. The summed E-state index contributed by atoms with van der Waals surface area (Å²) < 4.78 is 5.41. The van der Waals surface area contributed by atoms with E-state index in [0.29, 0.717) is 23.4 Å². The fourth-order valence-corrected chi connectivity index (χ4v) is 4.42. The Morgan fingerprint density at radius 2 is 1.79 bits per heavy atom. The number of aryl methyl sites for hydroxylation is 1. The topological polar surface area (TPSA) is 78.9 Å². The molecule has 0 unspecified atom stereocenters. The van der Waals surface area contributed by atoms with Crippen molar-refractivity contribution in [3.63, 3.8) is 0 Å². The number of amides is 1. The van der Waals surface area contributed by atoms with Crippen LogP contribution in [-0.2, 0) is 16.0 Å². The number of nitrogens with one attached hydrogen (secondary N) is 1. The number of carboxylic acids is 1. The van der Waals surface area contributed by atoms with Gasteiger partial charge in [0.15, 0.2) is 6.61 Å². The average Bonchev–Trinajstić information content (AvgIpc) is 2.78. The van der Waals surface area contributed by atoms with Gasteiger partial charge in [-0.2, -0.15) is 0 Å². The first-order valence-corrected chi connectivity index (χ1v) is 11.9. The van der Waals surface area contributed by atoms with Gasteiger partial charge in [-0.1, -0.05) is 62.9 Å². The number of ether oxygens (including phenoxy) is 1. The van der Waals surface area contributed by atoms with Gasteiger partial charge in [0, 0.05) is 18.7 Å². The molecule has 2 aromatic rings. The minimum Gasteiger partial charge on any atom is -0.482 e. The Morgan fingerprint density at radius 3 is 2.42 bits per heavy atom. The Balaban J connectivity index is 1.88. The van der Waals surface area contributed by atoms with Gasteiger partial charge in [-0.3, -0.25) is 4.79 Å². The third-order valence-corrected chi connectivity index (χ3v) is 5.98. The minimum absolute atomic E-state index is 0.108. The summed E-state index contributed by atoms with van der Waals surface area (Å²) in [4.78, 5) is 26.3. The third-order valence-electron chi connectivity index (χ3n) is 5.98. The molecule has 6 heteroatoms. The summed E-state index contributed by atoms with van der Waals surface area (Å²) >= 11 is 0. The van der Waals surface area contributed by atoms with Gasteiger partial charge in [0.05, 0.1) is 17.8 Å². The van der Waals surface area contributed by atoms with Gasteiger partial charge in [-0.05, 0) is 43.4 Å². The van der Waals surface area contributed by atoms with E-state index in [4.69, 9.17) is 9.84 Å². The first-order valence-electron chi connectivity index (χ1n) is 11.9. The predicted octanol–water partition coefficient (Wildman–Crippen LogP) is 5.43. The van der Waals surface area contributed by atoms with Crippen LogP contribution >= 0.6 is 0 Å². The van der Waals surface area contributed by atoms with E-state index in [2.05, 4.69) is 24.1 Å². The number of benzene rings is 2. The Bertz CT molecular complexity index is 934. The maximum atomic E-state index is 13.0. The molecule has 178 valence electrons. The van der Waals surface area contributed by atoms with E-state index in [1.807, 2.05) is 37.3 Å². The third kappa shape index (κ3) is 7.52. The lowest BCUT2D eigenvalue weighted by atomic mass is 9.93. The molecule has 1 saturated carbocycles.